The van der Waals surface area contributed by atoms with Gasteiger partial charge >= 0.3 is 0 Å². The highest BCUT2D eigenvalue weighted by molar-refractivity contribution is 7.93. The predicted octanol–water partition coefficient (Wildman–Crippen LogP) is 1.59. The molecule has 0 unspecified atom stereocenters. The van der Waals surface area contributed by atoms with Gasteiger partial charge in [-0.2, -0.15) is 0 Å². The van der Waals surface area contributed by atoms with Crippen LogP contribution in [-0.2, 0) is 17.1 Å². The van der Waals surface area contributed by atoms with Crippen molar-refractivity contribution in [2.24, 2.45) is 13.0 Å². The average Bonchev–Trinajstić information content (AvgIpc) is 2.94. The summed E-state index contributed by atoms with van der Waals surface area (Å²) in [6.07, 6.45) is 1.25. The monoisotopic (exact) mass is 362 g/mol. The molecule has 9 nitrogen and oxygen atoms in total. The molecule has 0 spiro atoms. The van der Waals surface area contributed by atoms with Crippen LogP contribution in [0.2, 0.25) is 0 Å². The molecule has 1 aromatic carbocycles. The van der Waals surface area contributed by atoms with Crippen LogP contribution in [0.4, 0.5) is 5.82 Å². The largest absolute Gasteiger partial charge is 0.477 e. The lowest BCUT2D eigenvalue weighted by molar-refractivity contribution is 0.261. The van der Waals surface area contributed by atoms with E-state index in [2.05, 4.69) is 25.0 Å². The number of ether oxygens (including phenoxy) is 1. The lowest BCUT2D eigenvalue weighted by Gasteiger charge is -2.10. The van der Waals surface area contributed by atoms with E-state index < -0.39 is 10.0 Å². The van der Waals surface area contributed by atoms with Crippen molar-refractivity contribution >= 4 is 26.9 Å². The zero-order valence-corrected chi connectivity index (χ0v) is 14.9. The molecule has 0 atom stereocenters. The highest BCUT2D eigenvalue weighted by Crippen LogP contribution is 2.23. The number of nitrogens with zero attached hydrogens (tertiary/aromatic N) is 5. The summed E-state index contributed by atoms with van der Waals surface area (Å²) < 4.78 is 34.9. The lowest BCUT2D eigenvalue weighted by Crippen LogP contribution is -2.15. The van der Waals surface area contributed by atoms with Gasteiger partial charge in [0.2, 0.25) is 5.88 Å². The van der Waals surface area contributed by atoms with Gasteiger partial charge in [-0.1, -0.05) is 25.1 Å². The molecule has 2 heterocycles. The number of anilines is 1. The van der Waals surface area contributed by atoms with E-state index in [9.17, 15) is 8.42 Å². The number of hydrogen-bond donors (Lipinski definition) is 1. The summed E-state index contributed by atoms with van der Waals surface area (Å²) in [6, 6.07) is 6.29. The Morgan fingerprint density at radius 1 is 1.28 bits per heavy atom. The molecule has 3 rings (SSSR count). The van der Waals surface area contributed by atoms with Gasteiger partial charge in [-0.3, -0.25) is 4.72 Å². The molecular formula is C15H18N6O3S. The highest BCUT2D eigenvalue weighted by Gasteiger charge is 2.21. The van der Waals surface area contributed by atoms with Crippen LogP contribution in [0.1, 0.15) is 13.8 Å². The van der Waals surface area contributed by atoms with Gasteiger partial charge in [-0.25, -0.2) is 23.1 Å². The Hall–Kier alpha value is -2.75. The Bertz CT molecular complexity index is 999. The Kier molecular flexibility index (Phi) is 4.53. The van der Waals surface area contributed by atoms with Gasteiger partial charge in [-0.05, 0) is 18.1 Å². The summed E-state index contributed by atoms with van der Waals surface area (Å²) in [5, 5.41) is 7.79. The summed E-state index contributed by atoms with van der Waals surface area (Å²) in [6.45, 7) is 4.49. The number of nitrogens with one attached hydrogen (secondary N) is 1. The average molecular weight is 362 g/mol. The third-order valence-electron chi connectivity index (χ3n) is 3.34. The molecule has 25 heavy (non-hydrogen) atoms. The first-order valence-corrected chi connectivity index (χ1v) is 9.11. The van der Waals surface area contributed by atoms with Crippen LogP contribution in [0, 0.1) is 5.92 Å². The number of aryl methyl sites for hydroxylation is 1. The van der Waals surface area contributed by atoms with Crippen LogP contribution in [0.15, 0.2) is 35.5 Å². The molecule has 0 fully saturated rings. The van der Waals surface area contributed by atoms with Crippen molar-refractivity contribution in [2.75, 3.05) is 11.3 Å². The Morgan fingerprint density at radius 3 is 2.84 bits per heavy atom. The van der Waals surface area contributed by atoms with Crippen molar-refractivity contribution in [3.63, 3.8) is 0 Å². The van der Waals surface area contributed by atoms with E-state index in [-0.39, 0.29) is 10.7 Å². The molecule has 0 bridgehead atoms. The molecule has 0 saturated carbocycles. The standard InChI is InChI=1S/C15H18N6O3S/c1-10(2)8-24-14-7-13(16-9-17-14)19-25(22,23)12-6-4-5-11-15(12)18-20-21(11)3/h4-7,9-10H,8H2,1-3H3,(H,16,17,19). The maximum absolute atomic E-state index is 12.7. The van der Waals surface area contributed by atoms with Gasteiger partial charge in [0.05, 0.1) is 12.1 Å². The summed E-state index contributed by atoms with van der Waals surface area (Å²) >= 11 is 0. The quantitative estimate of drug-likeness (QED) is 0.708. The number of hydrogen-bond acceptors (Lipinski definition) is 7. The second kappa shape index (κ2) is 6.63. The fourth-order valence-corrected chi connectivity index (χ4v) is 3.32. The molecule has 0 aliphatic heterocycles. The van der Waals surface area contributed by atoms with E-state index in [0.717, 1.165) is 0 Å². The van der Waals surface area contributed by atoms with Gasteiger partial charge < -0.3 is 4.74 Å². The summed E-state index contributed by atoms with van der Waals surface area (Å²) in [5.41, 5.74) is 0.911. The molecule has 10 heteroatoms. The maximum Gasteiger partial charge on any atom is 0.265 e. The summed E-state index contributed by atoms with van der Waals surface area (Å²) in [4.78, 5) is 7.94. The van der Waals surface area contributed by atoms with E-state index in [1.54, 1.807) is 19.2 Å². The van der Waals surface area contributed by atoms with Gasteiger partial charge in [0.25, 0.3) is 10.0 Å². The third-order valence-corrected chi connectivity index (χ3v) is 4.73. The van der Waals surface area contributed by atoms with Gasteiger partial charge in [0.1, 0.15) is 22.6 Å². The number of fused-ring (bicyclic) bond motifs is 1. The van der Waals surface area contributed by atoms with E-state index in [1.807, 2.05) is 13.8 Å². The first-order valence-electron chi connectivity index (χ1n) is 7.63. The fraction of sp³-hybridized carbons (Fsp3) is 0.333. The Balaban J connectivity index is 1.90. The molecule has 0 radical (unpaired) electrons. The second-order valence-corrected chi connectivity index (χ2v) is 7.54. The van der Waals surface area contributed by atoms with Crippen LogP contribution < -0.4 is 9.46 Å². The Morgan fingerprint density at radius 2 is 2.08 bits per heavy atom. The van der Waals surface area contributed by atoms with Crippen LogP contribution in [0.25, 0.3) is 11.0 Å². The SMILES string of the molecule is CC(C)COc1cc(NS(=O)(=O)c2cccc3c2nnn3C)ncn1. The van der Waals surface area contributed by atoms with E-state index in [1.165, 1.54) is 23.1 Å². The number of aromatic nitrogens is 5. The maximum atomic E-state index is 12.7. The van der Waals surface area contributed by atoms with Crippen molar-refractivity contribution in [3.8, 4) is 5.88 Å². The minimum absolute atomic E-state index is 0.0290. The van der Waals surface area contributed by atoms with Crippen LogP contribution in [0.3, 0.4) is 0 Å². The summed E-state index contributed by atoms with van der Waals surface area (Å²) in [5.74, 6) is 0.748. The van der Waals surface area contributed by atoms with E-state index in [0.29, 0.717) is 29.4 Å². The van der Waals surface area contributed by atoms with E-state index in [4.69, 9.17) is 4.74 Å². The molecule has 0 saturated heterocycles. The fourth-order valence-electron chi connectivity index (χ4n) is 2.17. The Labute approximate surface area is 145 Å². The third kappa shape index (κ3) is 3.68. The van der Waals surface area contributed by atoms with Crippen LogP contribution >= 0.6 is 0 Å². The molecule has 3 aromatic rings. The predicted molar refractivity (Wildman–Crippen MR) is 91.7 cm³/mol. The van der Waals surface area contributed by atoms with Crippen LogP contribution in [-0.4, -0.2) is 40.0 Å². The molecule has 132 valence electrons. The number of rotatable bonds is 6. The topological polar surface area (TPSA) is 112 Å². The molecule has 2 aromatic heterocycles. The first kappa shape index (κ1) is 17.1. The minimum Gasteiger partial charge on any atom is -0.477 e. The van der Waals surface area contributed by atoms with Crippen molar-refractivity contribution in [3.05, 3.63) is 30.6 Å². The molecule has 1 N–H and O–H groups in total. The van der Waals surface area contributed by atoms with Gasteiger partial charge in [0.15, 0.2) is 0 Å². The minimum atomic E-state index is -3.89. The van der Waals surface area contributed by atoms with Crippen molar-refractivity contribution in [2.45, 2.75) is 18.7 Å². The smallest absolute Gasteiger partial charge is 0.265 e. The normalized spacial score (nSPS) is 11.8. The van der Waals surface area contributed by atoms with Crippen molar-refractivity contribution < 1.29 is 13.2 Å². The lowest BCUT2D eigenvalue weighted by atomic mass is 10.2. The van der Waals surface area contributed by atoms with Crippen molar-refractivity contribution in [1.29, 1.82) is 0 Å². The molecular weight excluding hydrogens is 344 g/mol. The molecule has 0 aliphatic carbocycles. The van der Waals surface area contributed by atoms with E-state index >= 15 is 0 Å². The van der Waals surface area contributed by atoms with Crippen LogP contribution in [0.5, 0.6) is 5.88 Å². The highest BCUT2D eigenvalue weighted by atomic mass is 32.2. The number of sulfonamides is 1. The zero-order chi connectivity index (χ0) is 18.0. The molecule has 0 aliphatic rings. The first-order chi connectivity index (χ1) is 11.9. The zero-order valence-electron chi connectivity index (χ0n) is 14.0. The number of benzene rings is 1. The van der Waals surface area contributed by atoms with Gasteiger partial charge in [0, 0.05) is 13.1 Å². The second-order valence-electron chi connectivity index (χ2n) is 5.89. The van der Waals surface area contributed by atoms with Crippen molar-refractivity contribution in [1.82, 2.24) is 25.0 Å². The summed E-state index contributed by atoms with van der Waals surface area (Å²) in [7, 11) is -2.19. The van der Waals surface area contributed by atoms with Gasteiger partial charge in [-0.15, -0.1) is 5.10 Å². The molecule has 0 amide bonds.